The molecule has 0 bridgehead atoms. The smallest absolute Gasteiger partial charge is 0.207 e. The van der Waals surface area contributed by atoms with Crippen molar-refractivity contribution in [3.05, 3.63) is 57.8 Å². The van der Waals surface area contributed by atoms with Crippen LogP contribution in [-0.2, 0) is 10.0 Å². The zero-order valence-electron chi connectivity index (χ0n) is 11.7. The number of nitrogens with one attached hydrogen (secondary N) is 1. The Bertz CT molecular complexity index is 838. The highest BCUT2D eigenvalue weighted by Gasteiger charge is 2.29. The van der Waals surface area contributed by atoms with Crippen molar-refractivity contribution in [3.63, 3.8) is 0 Å². The van der Waals surface area contributed by atoms with E-state index in [0.29, 0.717) is 12.0 Å². The summed E-state index contributed by atoms with van der Waals surface area (Å²) in [4.78, 5) is 0.718. The van der Waals surface area contributed by atoms with Crippen LogP contribution in [0, 0.1) is 5.82 Å². The van der Waals surface area contributed by atoms with Crippen LogP contribution >= 0.6 is 35.0 Å². The summed E-state index contributed by atoms with van der Waals surface area (Å²) in [7, 11) is -3.92. The van der Waals surface area contributed by atoms with E-state index < -0.39 is 21.9 Å². The Balaban J connectivity index is 1.98. The van der Waals surface area contributed by atoms with Gasteiger partial charge in [0.1, 0.15) is 10.7 Å². The summed E-state index contributed by atoms with van der Waals surface area (Å²) in [5.74, 6) is 0.341. The van der Waals surface area contributed by atoms with Crippen molar-refractivity contribution in [2.75, 3.05) is 5.75 Å². The van der Waals surface area contributed by atoms with Gasteiger partial charge in [-0.2, -0.15) is 0 Å². The van der Waals surface area contributed by atoms with Crippen LogP contribution in [0.5, 0.6) is 0 Å². The largest absolute Gasteiger partial charge is 0.244 e. The maximum Gasteiger partial charge on any atom is 0.244 e. The van der Waals surface area contributed by atoms with Gasteiger partial charge in [-0.3, -0.25) is 0 Å². The van der Waals surface area contributed by atoms with Crippen molar-refractivity contribution in [3.8, 4) is 0 Å². The molecule has 2 aromatic rings. The molecule has 122 valence electrons. The molecule has 1 aliphatic heterocycles. The van der Waals surface area contributed by atoms with Gasteiger partial charge in [0.15, 0.2) is 0 Å². The quantitative estimate of drug-likeness (QED) is 0.827. The van der Waals surface area contributed by atoms with Gasteiger partial charge in [0.05, 0.1) is 10.0 Å². The number of benzene rings is 2. The van der Waals surface area contributed by atoms with E-state index in [2.05, 4.69) is 4.72 Å². The third-order valence-corrected chi connectivity index (χ3v) is 7.05. The molecule has 23 heavy (non-hydrogen) atoms. The minimum atomic E-state index is -3.92. The van der Waals surface area contributed by atoms with Gasteiger partial charge in [0.25, 0.3) is 0 Å². The summed E-state index contributed by atoms with van der Waals surface area (Å²) >= 11 is 13.6. The van der Waals surface area contributed by atoms with Crippen molar-refractivity contribution in [2.24, 2.45) is 0 Å². The van der Waals surface area contributed by atoms with Gasteiger partial charge < -0.3 is 0 Å². The SMILES string of the molecule is O=S(=O)(N[C@H]1CCSc2ccc(F)cc21)c1c(Cl)cccc1Cl. The lowest BCUT2D eigenvalue weighted by atomic mass is 10.0. The molecule has 0 aliphatic carbocycles. The Morgan fingerprint density at radius 3 is 2.57 bits per heavy atom. The third kappa shape index (κ3) is 3.51. The molecule has 0 spiro atoms. The van der Waals surface area contributed by atoms with Gasteiger partial charge >= 0.3 is 0 Å². The Morgan fingerprint density at radius 1 is 1.17 bits per heavy atom. The van der Waals surface area contributed by atoms with Crippen LogP contribution in [0.25, 0.3) is 0 Å². The van der Waals surface area contributed by atoms with Crippen molar-refractivity contribution in [2.45, 2.75) is 22.3 Å². The molecule has 0 aromatic heterocycles. The second kappa shape index (κ2) is 6.61. The van der Waals surface area contributed by atoms with Gasteiger partial charge in [-0.15, -0.1) is 11.8 Å². The summed E-state index contributed by atoms with van der Waals surface area (Å²) in [6.45, 7) is 0. The molecule has 1 N–H and O–H groups in total. The van der Waals surface area contributed by atoms with Gasteiger partial charge in [0.2, 0.25) is 10.0 Å². The van der Waals surface area contributed by atoms with Gasteiger partial charge in [-0.05, 0) is 48.1 Å². The molecule has 0 saturated carbocycles. The Labute approximate surface area is 148 Å². The van der Waals surface area contributed by atoms with Gasteiger partial charge in [-0.1, -0.05) is 29.3 Å². The predicted octanol–water partition coefficient (Wildman–Crippen LogP) is 4.65. The normalized spacial score (nSPS) is 17.8. The first kappa shape index (κ1) is 17.0. The molecule has 3 nitrogen and oxygen atoms in total. The molecule has 0 radical (unpaired) electrons. The van der Waals surface area contributed by atoms with E-state index >= 15 is 0 Å². The van der Waals surface area contributed by atoms with Crippen LogP contribution in [0.4, 0.5) is 4.39 Å². The van der Waals surface area contributed by atoms with E-state index in [4.69, 9.17) is 23.2 Å². The zero-order chi connectivity index (χ0) is 16.6. The van der Waals surface area contributed by atoms with Crippen LogP contribution in [0.1, 0.15) is 18.0 Å². The highest BCUT2D eigenvalue weighted by atomic mass is 35.5. The van der Waals surface area contributed by atoms with Crippen LogP contribution in [0.15, 0.2) is 46.2 Å². The molecular weight excluding hydrogens is 380 g/mol. The van der Waals surface area contributed by atoms with Crippen molar-refractivity contribution in [1.82, 2.24) is 4.72 Å². The maximum atomic E-state index is 13.5. The first-order chi connectivity index (χ1) is 10.9. The topological polar surface area (TPSA) is 46.2 Å². The first-order valence-corrected chi connectivity index (χ1v) is 9.99. The fourth-order valence-corrected chi connectivity index (χ4v) is 5.97. The number of sulfonamides is 1. The Hall–Kier alpha value is -0.790. The standard InChI is InChI=1S/C15H12Cl2FNO2S2/c16-11-2-1-3-12(17)15(11)23(20,21)19-13-6-7-22-14-5-4-9(18)8-10(13)14/h1-5,8,13,19H,6-7H2/t13-/m0/s1. The molecule has 0 unspecified atom stereocenters. The summed E-state index contributed by atoms with van der Waals surface area (Å²) in [6, 6.07) is 8.39. The highest BCUT2D eigenvalue weighted by Crippen LogP contribution is 2.38. The molecule has 2 aromatic carbocycles. The van der Waals surface area contributed by atoms with E-state index in [0.717, 1.165) is 10.6 Å². The summed E-state index contributed by atoms with van der Waals surface area (Å²) in [5, 5.41) is 0.101. The van der Waals surface area contributed by atoms with Crippen LogP contribution in [-0.4, -0.2) is 14.2 Å². The van der Waals surface area contributed by atoms with Crippen molar-refractivity contribution in [1.29, 1.82) is 0 Å². The zero-order valence-corrected chi connectivity index (χ0v) is 14.9. The molecule has 1 atom stereocenters. The average Bonchev–Trinajstić information content (AvgIpc) is 2.47. The summed E-state index contributed by atoms with van der Waals surface area (Å²) < 4.78 is 41.4. The van der Waals surface area contributed by atoms with Crippen LogP contribution in [0.2, 0.25) is 10.0 Å². The van der Waals surface area contributed by atoms with E-state index in [-0.39, 0.29) is 14.9 Å². The minimum Gasteiger partial charge on any atom is -0.207 e. The molecule has 0 amide bonds. The number of hydrogen-bond donors (Lipinski definition) is 1. The lowest BCUT2D eigenvalue weighted by Crippen LogP contribution is -2.31. The fourth-order valence-electron chi connectivity index (χ4n) is 2.47. The Kier molecular flexibility index (Phi) is 4.90. The monoisotopic (exact) mass is 391 g/mol. The maximum absolute atomic E-state index is 13.5. The minimum absolute atomic E-state index is 0.0506. The number of rotatable bonds is 3. The molecule has 8 heteroatoms. The summed E-state index contributed by atoms with van der Waals surface area (Å²) in [5.41, 5.74) is 0.632. The second-order valence-corrected chi connectivity index (χ2v) is 8.65. The number of hydrogen-bond acceptors (Lipinski definition) is 3. The average molecular weight is 392 g/mol. The van der Waals surface area contributed by atoms with Gasteiger partial charge in [0, 0.05) is 10.9 Å². The van der Waals surface area contributed by atoms with Crippen LogP contribution in [0.3, 0.4) is 0 Å². The number of fused-ring (bicyclic) bond motifs is 1. The van der Waals surface area contributed by atoms with E-state index in [1.165, 1.54) is 24.3 Å². The molecule has 1 heterocycles. The van der Waals surface area contributed by atoms with Crippen molar-refractivity contribution >= 4 is 45.0 Å². The predicted molar refractivity (Wildman–Crippen MR) is 91.3 cm³/mol. The van der Waals surface area contributed by atoms with Gasteiger partial charge in [-0.25, -0.2) is 17.5 Å². The molecule has 1 aliphatic rings. The number of thioether (sulfide) groups is 1. The van der Waals surface area contributed by atoms with E-state index in [1.54, 1.807) is 23.9 Å². The molecular formula is C15H12Cl2FNO2S2. The first-order valence-electron chi connectivity index (χ1n) is 6.77. The van der Waals surface area contributed by atoms with Crippen molar-refractivity contribution < 1.29 is 12.8 Å². The van der Waals surface area contributed by atoms with Crippen LogP contribution < -0.4 is 4.72 Å². The number of halogens is 3. The summed E-state index contributed by atoms with van der Waals surface area (Å²) in [6.07, 6.45) is 0.558. The van der Waals surface area contributed by atoms with E-state index in [9.17, 15) is 12.8 Å². The third-order valence-electron chi connectivity index (χ3n) is 3.50. The lowest BCUT2D eigenvalue weighted by molar-refractivity contribution is 0.541. The molecule has 0 saturated heterocycles. The lowest BCUT2D eigenvalue weighted by Gasteiger charge is -2.26. The Morgan fingerprint density at radius 2 is 1.87 bits per heavy atom. The fraction of sp³-hybridized carbons (Fsp3) is 0.200. The second-order valence-electron chi connectivity index (χ2n) is 5.04. The highest BCUT2D eigenvalue weighted by molar-refractivity contribution is 7.99. The molecule has 0 fully saturated rings. The molecule has 3 rings (SSSR count). The van der Waals surface area contributed by atoms with E-state index in [1.807, 2.05) is 0 Å².